The van der Waals surface area contributed by atoms with Gasteiger partial charge in [-0.05, 0) is 13.3 Å². The second-order valence-corrected chi connectivity index (χ2v) is 3.49. The molecule has 0 spiro atoms. The fourth-order valence-electron chi connectivity index (χ4n) is 0.849. The van der Waals surface area contributed by atoms with E-state index in [1.807, 2.05) is 0 Å². The molecule has 1 unspecified atom stereocenters. The molecule has 108 valence electrons. The van der Waals surface area contributed by atoms with Crippen molar-refractivity contribution in [2.75, 3.05) is 7.11 Å². The van der Waals surface area contributed by atoms with Crippen molar-refractivity contribution in [3.05, 3.63) is 0 Å². The summed E-state index contributed by atoms with van der Waals surface area (Å²) in [5, 5.41) is 0. The summed E-state index contributed by atoms with van der Waals surface area (Å²) < 4.78 is 84.6. The van der Waals surface area contributed by atoms with Crippen molar-refractivity contribution in [3.63, 3.8) is 0 Å². The summed E-state index contributed by atoms with van der Waals surface area (Å²) in [6.07, 6.45) is -6.99. The van der Waals surface area contributed by atoms with Gasteiger partial charge in [0.2, 0.25) is 0 Å². The van der Waals surface area contributed by atoms with E-state index in [0.717, 1.165) is 6.92 Å². The SMILES string of the molecule is CCC(C)OC(F)(F)C(F)(F)C(F)(F)C(=O)OC. The molecule has 0 aliphatic rings. The van der Waals surface area contributed by atoms with Crippen LogP contribution in [0.5, 0.6) is 0 Å². The third-order valence-corrected chi connectivity index (χ3v) is 2.13. The maximum absolute atomic E-state index is 13.0. The van der Waals surface area contributed by atoms with E-state index in [2.05, 4.69) is 9.47 Å². The fraction of sp³-hybridized carbons (Fsp3) is 0.889. The molecule has 0 saturated heterocycles. The Labute approximate surface area is 99.0 Å². The summed E-state index contributed by atoms with van der Waals surface area (Å²) in [6.45, 7) is 2.33. The van der Waals surface area contributed by atoms with E-state index in [9.17, 15) is 31.1 Å². The molecular weight excluding hydrogens is 270 g/mol. The molecule has 18 heavy (non-hydrogen) atoms. The first kappa shape index (κ1) is 17.0. The van der Waals surface area contributed by atoms with Gasteiger partial charge < -0.3 is 9.47 Å². The lowest BCUT2D eigenvalue weighted by atomic mass is 10.1. The molecule has 0 N–H and O–H groups in total. The average molecular weight is 282 g/mol. The number of ether oxygens (including phenoxy) is 2. The van der Waals surface area contributed by atoms with E-state index in [4.69, 9.17) is 0 Å². The second-order valence-electron chi connectivity index (χ2n) is 3.49. The summed E-state index contributed by atoms with van der Waals surface area (Å²) in [6, 6.07) is 0. The summed E-state index contributed by atoms with van der Waals surface area (Å²) in [5.41, 5.74) is 0. The molecule has 0 aromatic heterocycles. The average Bonchev–Trinajstić information content (AvgIpc) is 2.26. The Kier molecular flexibility index (Phi) is 5.04. The molecule has 0 fully saturated rings. The molecule has 3 nitrogen and oxygen atoms in total. The summed E-state index contributed by atoms with van der Waals surface area (Å²) >= 11 is 0. The summed E-state index contributed by atoms with van der Waals surface area (Å²) in [5.74, 6) is -14.5. The van der Waals surface area contributed by atoms with Crippen LogP contribution in [-0.4, -0.2) is 37.1 Å². The van der Waals surface area contributed by atoms with Gasteiger partial charge in [-0.1, -0.05) is 6.92 Å². The van der Waals surface area contributed by atoms with Crippen LogP contribution in [0, 0.1) is 0 Å². The largest absolute Gasteiger partial charge is 0.464 e. The highest BCUT2D eigenvalue weighted by atomic mass is 19.3. The quantitative estimate of drug-likeness (QED) is 0.555. The van der Waals surface area contributed by atoms with Crippen LogP contribution in [0.25, 0.3) is 0 Å². The number of rotatable bonds is 6. The number of methoxy groups -OCH3 is 1. The van der Waals surface area contributed by atoms with Crippen molar-refractivity contribution in [3.8, 4) is 0 Å². The van der Waals surface area contributed by atoms with Gasteiger partial charge in [0, 0.05) is 0 Å². The van der Waals surface area contributed by atoms with Gasteiger partial charge in [0.15, 0.2) is 0 Å². The lowest BCUT2D eigenvalue weighted by Crippen LogP contribution is -2.59. The maximum Gasteiger partial charge on any atom is 0.426 e. The standard InChI is InChI=1S/C9H12F6O3/c1-4-5(2)18-9(14,15)8(12,13)7(10,11)6(16)17-3/h5H,4H2,1-3H3. The number of alkyl halides is 6. The van der Waals surface area contributed by atoms with Gasteiger partial charge in [-0.15, -0.1) is 0 Å². The number of hydrogen-bond donors (Lipinski definition) is 0. The van der Waals surface area contributed by atoms with Crippen molar-refractivity contribution in [1.82, 2.24) is 0 Å². The molecule has 0 radical (unpaired) electrons. The topological polar surface area (TPSA) is 35.5 Å². The Morgan fingerprint density at radius 3 is 1.94 bits per heavy atom. The second kappa shape index (κ2) is 5.33. The zero-order chi connectivity index (χ0) is 14.8. The highest BCUT2D eigenvalue weighted by Crippen LogP contribution is 2.47. The molecule has 0 aromatic rings. The van der Waals surface area contributed by atoms with E-state index in [0.29, 0.717) is 7.11 Å². The van der Waals surface area contributed by atoms with E-state index in [1.54, 1.807) is 0 Å². The van der Waals surface area contributed by atoms with Gasteiger partial charge in [0.25, 0.3) is 0 Å². The molecular formula is C9H12F6O3. The minimum absolute atomic E-state index is 0.102. The van der Waals surface area contributed by atoms with Crippen molar-refractivity contribution in [1.29, 1.82) is 0 Å². The monoisotopic (exact) mass is 282 g/mol. The van der Waals surface area contributed by atoms with E-state index in [1.165, 1.54) is 6.92 Å². The Morgan fingerprint density at radius 2 is 1.61 bits per heavy atom. The summed E-state index contributed by atoms with van der Waals surface area (Å²) in [7, 11) is 0.375. The zero-order valence-electron chi connectivity index (χ0n) is 9.78. The van der Waals surface area contributed by atoms with Gasteiger partial charge in [-0.3, -0.25) is 0 Å². The minimum atomic E-state index is -6.02. The zero-order valence-corrected chi connectivity index (χ0v) is 9.78. The van der Waals surface area contributed by atoms with Gasteiger partial charge in [0.05, 0.1) is 13.2 Å². The third-order valence-electron chi connectivity index (χ3n) is 2.13. The molecule has 0 saturated carbocycles. The van der Waals surface area contributed by atoms with Crippen LogP contribution in [0.3, 0.4) is 0 Å². The van der Waals surface area contributed by atoms with Gasteiger partial charge in [-0.25, -0.2) is 4.79 Å². The predicted molar refractivity (Wildman–Crippen MR) is 47.7 cm³/mol. The van der Waals surface area contributed by atoms with E-state index < -0.39 is 30.0 Å². The molecule has 0 aromatic carbocycles. The molecule has 0 amide bonds. The number of carbonyl (C=O) groups is 1. The van der Waals surface area contributed by atoms with Crippen molar-refractivity contribution in [2.24, 2.45) is 0 Å². The first-order chi connectivity index (χ1) is 7.94. The van der Waals surface area contributed by atoms with E-state index in [-0.39, 0.29) is 6.42 Å². The first-order valence-corrected chi connectivity index (χ1v) is 4.83. The Balaban J connectivity index is 5.28. The van der Waals surface area contributed by atoms with Crippen LogP contribution >= 0.6 is 0 Å². The van der Waals surface area contributed by atoms with Gasteiger partial charge in [0.1, 0.15) is 0 Å². The predicted octanol–water partition coefficient (Wildman–Crippen LogP) is 2.84. The number of hydrogen-bond acceptors (Lipinski definition) is 3. The third kappa shape index (κ3) is 2.88. The Hall–Kier alpha value is -0.990. The molecule has 0 aliphatic heterocycles. The van der Waals surface area contributed by atoms with Crippen LogP contribution in [0.15, 0.2) is 0 Å². The Bertz CT molecular complexity index is 305. The van der Waals surface area contributed by atoms with Gasteiger partial charge >= 0.3 is 23.9 Å². The van der Waals surface area contributed by atoms with Crippen LogP contribution in [-0.2, 0) is 14.3 Å². The minimum Gasteiger partial charge on any atom is -0.464 e. The Morgan fingerprint density at radius 1 is 1.17 bits per heavy atom. The molecule has 0 aliphatic carbocycles. The lowest BCUT2D eigenvalue weighted by Gasteiger charge is -2.31. The highest BCUT2D eigenvalue weighted by molar-refractivity contribution is 5.79. The van der Waals surface area contributed by atoms with E-state index >= 15 is 0 Å². The molecule has 9 heteroatoms. The first-order valence-electron chi connectivity index (χ1n) is 4.83. The van der Waals surface area contributed by atoms with Crippen molar-refractivity contribution < 1.29 is 40.6 Å². The number of carbonyl (C=O) groups excluding carboxylic acids is 1. The molecule has 0 bridgehead atoms. The van der Waals surface area contributed by atoms with Crippen LogP contribution in [0.1, 0.15) is 20.3 Å². The molecule has 0 heterocycles. The normalized spacial score (nSPS) is 15.4. The fourth-order valence-corrected chi connectivity index (χ4v) is 0.849. The van der Waals surface area contributed by atoms with Crippen molar-refractivity contribution in [2.45, 2.75) is 44.3 Å². The molecule has 0 rings (SSSR count). The van der Waals surface area contributed by atoms with Crippen LogP contribution in [0.4, 0.5) is 26.3 Å². The summed E-state index contributed by atoms with van der Waals surface area (Å²) in [4.78, 5) is 10.4. The van der Waals surface area contributed by atoms with Crippen molar-refractivity contribution >= 4 is 5.97 Å². The van der Waals surface area contributed by atoms with Crippen LogP contribution < -0.4 is 0 Å². The van der Waals surface area contributed by atoms with Gasteiger partial charge in [-0.2, -0.15) is 26.3 Å². The molecule has 1 atom stereocenters. The number of esters is 1. The number of halogens is 6. The maximum atomic E-state index is 13.0. The highest BCUT2D eigenvalue weighted by Gasteiger charge is 2.77. The lowest BCUT2D eigenvalue weighted by molar-refractivity contribution is -0.401. The smallest absolute Gasteiger partial charge is 0.426 e. The van der Waals surface area contributed by atoms with Crippen LogP contribution in [0.2, 0.25) is 0 Å².